The summed E-state index contributed by atoms with van der Waals surface area (Å²) in [4.78, 5) is 11.3. The fraction of sp³-hybridized carbons (Fsp3) is 0.312. The molecule has 1 rings (SSSR count). The molecule has 0 amide bonds. The van der Waals surface area contributed by atoms with Crippen molar-refractivity contribution in [3.8, 4) is 23.7 Å². The lowest BCUT2D eigenvalue weighted by Gasteiger charge is -1.97. The average Bonchev–Trinajstić information content (AvgIpc) is 2.73. The fourth-order valence-electron chi connectivity index (χ4n) is 1.43. The Labute approximate surface area is 118 Å². The van der Waals surface area contributed by atoms with E-state index >= 15 is 0 Å². The molecule has 0 radical (unpaired) electrons. The van der Waals surface area contributed by atoms with Gasteiger partial charge in [-0.25, -0.2) is 4.79 Å². The summed E-state index contributed by atoms with van der Waals surface area (Å²) >= 11 is 0. The van der Waals surface area contributed by atoms with E-state index in [1.54, 1.807) is 19.1 Å². The van der Waals surface area contributed by atoms with Crippen LogP contribution in [0.25, 0.3) is 0 Å². The standard InChI is InChI=1S/C16H16O4/c1-3-14(17)8-4-5-9-15(18)10-6-7-13-11-12(2)20-16(13)19/h3,6,10-12,14-15,17-18H,1,7H2,2H3/b10-6-/t12-,14+,15-/m1/s1. The van der Waals surface area contributed by atoms with Crippen LogP contribution in [0.2, 0.25) is 0 Å². The highest BCUT2D eigenvalue weighted by molar-refractivity contribution is 5.91. The molecule has 0 unspecified atom stereocenters. The maximum atomic E-state index is 11.3. The molecule has 0 aromatic rings. The minimum Gasteiger partial charge on any atom is -0.455 e. The second-order valence-electron chi connectivity index (χ2n) is 4.10. The molecular formula is C16H16O4. The first-order valence-corrected chi connectivity index (χ1v) is 6.11. The number of allylic oxidation sites excluding steroid dienone is 1. The van der Waals surface area contributed by atoms with Crippen molar-refractivity contribution < 1.29 is 19.7 Å². The highest BCUT2D eigenvalue weighted by Crippen LogP contribution is 2.16. The lowest BCUT2D eigenvalue weighted by atomic mass is 10.1. The molecule has 1 aliphatic rings. The monoisotopic (exact) mass is 272 g/mol. The van der Waals surface area contributed by atoms with Gasteiger partial charge in [0.25, 0.3) is 0 Å². The van der Waals surface area contributed by atoms with Crippen molar-refractivity contribution in [1.82, 2.24) is 0 Å². The molecule has 0 aromatic heterocycles. The zero-order chi connectivity index (χ0) is 15.0. The molecule has 0 fully saturated rings. The first kappa shape index (κ1) is 15.8. The van der Waals surface area contributed by atoms with Crippen LogP contribution in [0.1, 0.15) is 13.3 Å². The number of carbonyl (C=O) groups excluding carboxylic acids is 1. The van der Waals surface area contributed by atoms with E-state index in [0.29, 0.717) is 12.0 Å². The normalized spacial score (nSPS) is 20.1. The van der Waals surface area contributed by atoms with Crippen molar-refractivity contribution in [2.75, 3.05) is 0 Å². The number of carbonyl (C=O) groups is 1. The Morgan fingerprint density at radius 3 is 2.60 bits per heavy atom. The zero-order valence-corrected chi connectivity index (χ0v) is 11.2. The van der Waals surface area contributed by atoms with E-state index in [2.05, 4.69) is 30.3 Å². The van der Waals surface area contributed by atoms with Crippen LogP contribution >= 0.6 is 0 Å². The third-order valence-electron chi connectivity index (χ3n) is 2.37. The van der Waals surface area contributed by atoms with Gasteiger partial charge < -0.3 is 14.9 Å². The Bertz CT molecular complexity index is 548. The minimum atomic E-state index is -0.972. The average molecular weight is 272 g/mol. The highest BCUT2D eigenvalue weighted by atomic mass is 16.5. The van der Waals surface area contributed by atoms with Gasteiger partial charge in [-0.1, -0.05) is 30.6 Å². The van der Waals surface area contributed by atoms with E-state index in [1.165, 1.54) is 12.2 Å². The van der Waals surface area contributed by atoms with Gasteiger partial charge in [-0.15, -0.1) is 0 Å². The number of hydrogen-bond donors (Lipinski definition) is 2. The molecule has 2 N–H and O–H groups in total. The molecule has 3 atom stereocenters. The van der Waals surface area contributed by atoms with E-state index in [0.717, 1.165) is 0 Å². The quantitative estimate of drug-likeness (QED) is 0.449. The SMILES string of the molecule is C=C[C@H](O)C#CC#C[C@@H](O)/C=C\CC1=C[C@@H](C)OC1=O. The van der Waals surface area contributed by atoms with Crippen LogP contribution in [0, 0.1) is 23.7 Å². The Morgan fingerprint density at radius 1 is 1.40 bits per heavy atom. The second-order valence-corrected chi connectivity index (χ2v) is 4.10. The van der Waals surface area contributed by atoms with Gasteiger partial charge in [0.05, 0.1) is 0 Å². The van der Waals surface area contributed by atoms with Gasteiger partial charge in [-0.2, -0.15) is 0 Å². The topological polar surface area (TPSA) is 66.8 Å². The Balaban J connectivity index is 2.44. The number of aliphatic hydroxyl groups is 2. The van der Waals surface area contributed by atoms with Crippen molar-refractivity contribution in [2.24, 2.45) is 0 Å². The van der Waals surface area contributed by atoms with Crippen LogP contribution in [0.3, 0.4) is 0 Å². The van der Waals surface area contributed by atoms with Gasteiger partial charge in [0.1, 0.15) is 18.3 Å². The molecule has 4 nitrogen and oxygen atoms in total. The predicted molar refractivity (Wildman–Crippen MR) is 75.2 cm³/mol. The molecule has 1 heterocycles. The predicted octanol–water partition coefficient (Wildman–Crippen LogP) is 0.719. The molecule has 0 aliphatic carbocycles. The summed E-state index contributed by atoms with van der Waals surface area (Å²) in [5.41, 5.74) is 0.572. The number of cyclic esters (lactones) is 1. The van der Waals surface area contributed by atoms with Crippen molar-refractivity contribution in [3.63, 3.8) is 0 Å². The Hall–Kier alpha value is -2.27. The number of aliphatic hydroxyl groups excluding tert-OH is 2. The van der Waals surface area contributed by atoms with Crippen molar-refractivity contribution >= 4 is 5.97 Å². The molecule has 0 aromatic carbocycles. The summed E-state index contributed by atoms with van der Waals surface area (Å²) in [6, 6.07) is 0. The molecule has 104 valence electrons. The van der Waals surface area contributed by atoms with Crippen molar-refractivity contribution in [1.29, 1.82) is 0 Å². The Kier molecular flexibility index (Phi) is 6.32. The second kappa shape index (κ2) is 8.01. The van der Waals surface area contributed by atoms with Gasteiger partial charge in [-0.3, -0.25) is 0 Å². The third-order valence-corrected chi connectivity index (χ3v) is 2.37. The summed E-state index contributed by atoms with van der Waals surface area (Å²) in [5, 5.41) is 18.6. The third kappa shape index (κ3) is 5.58. The van der Waals surface area contributed by atoms with Crippen LogP contribution in [-0.2, 0) is 9.53 Å². The van der Waals surface area contributed by atoms with Crippen LogP contribution < -0.4 is 0 Å². The van der Waals surface area contributed by atoms with Crippen molar-refractivity contribution in [2.45, 2.75) is 31.7 Å². The molecule has 4 heteroatoms. The van der Waals surface area contributed by atoms with Crippen LogP contribution in [-0.4, -0.2) is 34.5 Å². The van der Waals surface area contributed by atoms with Crippen LogP contribution in [0.5, 0.6) is 0 Å². The number of ether oxygens (including phenoxy) is 1. The summed E-state index contributed by atoms with van der Waals surface area (Å²) in [6.07, 6.45) is 4.45. The largest absolute Gasteiger partial charge is 0.455 e. The smallest absolute Gasteiger partial charge is 0.334 e. The first-order valence-electron chi connectivity index (χ1n) is 6.11. The maximum absolute atomic E-state index is 11.3. The summed E-state index contributed by atoms with van der Waals surface area (Å²) in [7, 11) is 0. The molecule has 0 saturated carbocycles. The van der Waals surface area contributed by atoms with Crippen LogP contribution in [0.15, 0.2) is 36.5 Å². The lowest BCUT2D eigenvalue weighted by Crippen LogP contribution is -2.03. The number of esters is 1. The van der Waals surface area contributed by atoms with E-state index in [-0.39, 0.29) is 12.1 Å². The lowest BCUT2D eigenvalue weighted by molar-refractivity contribution is -0.139. The molecule has 0 saturated heterocycles. The Morgan fingerprint density at radius 2 is 2.05 bits per heavy atom. The zero-order valence-electron chi connectivity index (χ0n) is 11.2. The van der Waals surface area contributed by atoms with Gasteiger partial charge in [0.2, 0.25) is 0 Å². The summed E-state index contributed by atoms with van der Waals surface area (Å²) in [6.45, 7) is 5.14. The van der Waals surface area contributed by atoms with E-state index in [1.807, 2.05) is 0 Å². The minimum absolute atomic E-state index is 0.192. The van der Waals surface area contributed by atoms with Crippen molar-refractivity contribution in [3.05, 3.63) is 36.5 Å². The van der Waals surface area contributed by atoms with E-state index < -0.39 is 12.2 Å². The fourth-order valence-corrected chi connectivity index (χ4v) is 1.43. The van der Waals surface area contributed by atoms with E-state index in [9.17, 15) is 9.90 Å². The van der Waals surface area contributed by atoms with Gasteiger partial charge >= 0.3 is 5.97 Å². The summed E-state index contributed by atoms with van der Waals surface area (Å²) < 4.78 is 4.94. The first-order chi connectivity index (χ1) is 9.52. The van der Waals surface area contributed by atoms with Gasteiger partial charge in [0, 0.05) is 5.57 Å². The molecule has 1 aliphatic heterocycles. The molecule has 0 spiro atoms. The van der Waals surface area contributed by atoms with E-state index in [4.69, 9.17) is 9.84 Å². The molecular weight excluding hydrogens is 256 g/mol. The molecule has 0 bridgehead atoms. The highest BCUT2D eigenvalue weighted by Gasteiger charge is 2.20. The number of hydrogen-bond acceptors (Lipinski definition) is 4. The maximum Gasteiger partial charge on any atom is 0.334 e. The molecule has 20 heavy (non-hydrogen) atoms. The van der Waals surface area contributed by atoms with Gasteiger partial charge in [-0.05, 0) is 37.3 Å². The summed E-state index contributed by atoms with van der Waals surface area (Å²) in [5.74, 6) is 9.37. The number of rotatable bonds is 4. The van der Waals surface area contributed by atoms with Crippen LogP contribution in [0.4, 0.5) is 0 Å². The van der Waals surface area contributed by atoms with Gasteiger partial charge in [0.15, 0.2) is 0 Å².